The molecule has 0 aliphatic carbocycles. The van der Waals surface area contributed by atoms with Gasteiger partial charge in [0.15, 0.2) is 0 Å². The highest BCUT2D eigenvalue weighted by Gasteiger charge is 2.14. The second-order valence-corrected chi connectivity index (χ2v) is 9.79. The number of morpholine rings is 1. The van der Waals surface area contributed by atoms with Crippen molar-refractivity contribution in [3.63, 3.8) is 0 Å². The summed E-state index contributed by atoms with van der Waals surface area (Å²) in [5, 5.41) is 16.6. The maximum atomic E-state index is 12.8. The largest absolute Gasteiger partial charge is 0.379 e. The van der Waals surface area contributed by atoms with E-state index in [1.165, 1.54) is 12.1 Å². The van der Waals surface area contributed by atoms with Crippen molar-refractivity contribution in [2.75, 3.05) is 39.4 Å². The van der Waals surface area contributed by atoms with E-state index < -0.39 is 10.0 Å². The fourth-order valence-electron chi connectivity index (χ4n) is 3.75. The van der Waals surface area contributed by atoms with Crippen LogP contribution in [0.5, 0.6) is 0 Å². The Morgan fingerprint density at radius 2 is 1.88 bits per heavy atom. The molecule has 11 heteroatoms. The van der Waals surface area contributed by atoms with Crippen LogP contribution in [0.3, 0.4) is 0 Å². The zero-order valence-corrected chi connectivity index (χ0v) is 19.8. The van der Waals surface area contributed by atoms with Crippen molar-refractivity contribution in [3.05, 3.63) is 65.4 Å². The van der Waals surface area contributed by atoms with Gasteiger partial charge in [-0.3, -0.25) is 9.69 Å². The standard InChI is InChI=1S/C23H28N6O4S/c1-17-2-5-19(14-21(17)23(30)25-8-9-28-10-12-33-13-11-28)22-16-29(27-26-22)15-18-3-6-20(7-4-18)34(24,31)32/h2-7,14,16H,8-13,15H2,1H3,(H,25,30)(H2,24,31,32). The van der Waals surface area contributed by atoms with Gasteiger partial charge in [0.25, 0.3) is 5.91 Å². The molecule has 3 aromatic rings. The van der Waals surface area contributed by atoms with Gasteiger partial charge in [-0.25, -0.2) is 18.2 Å². The molecule has 1 aliphatic heterocycles. The summed E-state index contributed by atoms with van der Waals surface area (Å²) < 4.78 is 29.8. The number of ether oxygens (including phenoxy) is 1. The molecule has 1 saturated heterocycles. The molecule has 4 rings (SSSR count). The highest BCUT2D eigenvalue weighted by atomic mass is 32.2. The molecule has 1 fully saturated rings. The van der Waals surface area contributed by atoms with Gasteiger partial charge in [-0.1, -0.05) is 29.5 Å². The molecule has 2 heterocycles. The molecular weight excluding hydrogens is 456 g/mol. The van der Waals surface area contributed by atoms with Crippen LogP contribution in [0.2, 0.25) is 0 Å². The highest BCUT2D eigenvalue weighted by Crippen LogP contribution is 2.21. The summed E-state index contributed by atoms with van der Waals surface area (Å²) in [7, 11) is -3.73. The molecule has 1 aromatic heterocycles. The topological polar surface area (TPSA) is 132 Å². The fraction of sp³-hybridized carbons (Fsp3) is 0.348. The van der Waals surface area contributed by atoms with Gasteiger partial charge in [0.2, 0.25) is 10.0 Å². The summed E-state index contributed by atoms with van der Waals surface area (Å²) in [6.07, 6.45) is 1.79. The molecule has 0 unspecified atom stereocenters. The molecule has 180 valence electrons. The Bertz CT molecular complexity index is 1250. The third kappa shape index (κ3) is 6.06. The molecule has 0 radical (unpaired) electrons. The molecule has 0 bridgehead atoms. The first-order chi connectivity index (χ1) is 16.3. The van der Waals surface area contributed by atoms with Crippen molar-refractivity contribution >= 4 is 15.9 Å². The van der Waals surface area contributed by atoms with Crippen LogP contribution >= 0.6 is 0 Å². The minimum absolute atomic E-state index is 0.0611. The van der Waals surface area contributed by atoms with E-state index in [0.29, 0.717) is 24.3 Å². The van der Waals surface area contributed by atoms with E-state index >= 15 is 0 Å². The lowest BCUT2D eigenvalue weighted by Gasteiger charge is -2.26. The van der Waals surface area contributed by atoms with Gasteiger partial charge < -0.3 is 10.1 Å². The number of sulfonamides is 1. The number of carbonyl (C=O) groups excluding carboxylic acids is 1. The predicted molar refractivity (Wildman–Crippen MR) is 127 cm³/mol. The number of aryl methyl sites for hydroxylation is 1. The van der Waals surface area contributed by atoms with E-state index in [9.17, 15) is 13.2 Å². The Balaban J connectivity index is 1.40. The lowest BCUT2D eigenvalue weighted by atomic mass is 10.0. The van der Waals surface area contributed by atoms with Crippen LogP contribution in [0, 0.1) is 6.92 Å². The average Bonchev–Trinajstić information content (AvgIpc) is 3.28. The number of nitrogens with two attached hydrogens (primary N) is 1. The number of hydrogen-bond acceptors (Lipinski definition) is 7. The van der Waals surface area contributed by atoms with E-state index in [4.69, 9.17) is 9.88 Å². The normalized spacial score (nSPS) is 14.8. The Kier molecular flexibility index (Phi) is 7.37. The van der Waals surface area contributed by atoms with Crippen LogP contribution in [0.4, 0.5) is 0 Å². The SMILES string of the molecule is Cc1ccc(-c2cn(Cc3ccc(S(N)(=O)=O)cc3)nn2)cc1C(=O)NCCN1CCOCC1. The van der Waals surface area contributed by atoms with E-state index in [-0.39, 0.29) is 10.8 Å². The first kappa shape index (κ1) is 24.0. The number of aromatic nitrogens is 3. The number of primary sulfonamides is 1. The summed E-state index contributed by atoms with van der Waals surface area (Å²) >= 11 is 0. The summed E-state index contributed by atoms with van der Waals surface area (Å²) in [6, 6.07) is 11.9. The van der Waals surface area contributed by atoms with Crippen LogP contribution in [0.25, 0.3) is 11.3 Å². The first-order valence-corrected chi connectivity index (χ1v) is 12.6. The smallest absolute Gasteiger partial charge is 0.251 e. The average molecular weight is 485 g/mol. The lowest BCUT2D eigenvalue weighted by Crippen LogP contribution is -2.41. The number of rotatable bonds is 8. The van der Waals surface area contributed by atoms with E-state index in [1.807, 2.05) is 25.1 Å². The molecule has 0 spiro atoms. The van der Waals surface area contributed by atoms with Gasteiger partial charge in [0.1, 0.15) is 5.69 Å². The number of amides is 1. The van der Waals surface area contributed by atoms with Gasteiger partial charge >= 0.3 is 0 Å². The van der Waals surface area contributed by atoms with E-state index in [1.54, 1.807) is 23.0 Å². The van der Waals surface area contributed by atoms with Crippen molar-refractivity contribution in [2.24, 2.45) is 5.14 Å². The molecule has 0 atom stereocenters. The Hall–Kier alpha value is -3.12. The zero-order valence-electron chi connectivity index (χ0n) is 19.0. The monoisotopic (exact) mass is 484 g/mol. The molecule has 2 aromatic carbocycles. The minimum atomic E-state index is -3.73. The molecule has 10 nitrogen and oxygen atoms in total. The van der Waals surface area contributed by atoms with Crippen LogP contribution in [-0.2, 0) is 21.3 Å². The number of nitrogens with one attached hydrogen (secondary N) is 1. The Labute approximate surface area is 198 Å². The quantitative estimate of drug-likeness (QED) is 0.488. The molecule has 1 amide bonds. The predicted octanol–water partition coefficient (Wildman–Crippen LogP) is 1.01. The summed E-state index contributed by atoms with van der Waals surface area (Å²) in [4.78, 5) is 15.1. The lowest BCUT2D eigenvalue weighted by molar-refractivity contribution is 0.0383. The number of hydrogen-bond donors (Lipinski definition) is 2. The van der Waals surface area contributed by atoms with Crippen molar-refractivity contribution in [1.82, 2.24) is 25.2 Å². The molecule has 1 aliphatic rings. The fourth-order valence-corrected chi connectivity index (χ4v) is 4.27. The summed E-state index contributed by atoms with van der Waals surface area (Å²) in [5.41, 5.74) is 3.78. The van der Waals surface area contributed by atoms with Gasteiger partial charge in [-0.05, 0) is 36.2 Å². The third-order valence-electron chi connectivity index (χ3n) is 5.73. The Morgan fingerprint density at radius 1 is 1.15 bits per heavy atom. The van der Waals surface area contributed by atoms with Gasteiger partial charge in [-0.15, -0.1) is 5.10 Å². The zero-order chi connectivity index (χ0) is 24.1. The maximum absolute atomic E-state index is 12.8. The number of carbonyl (C=O) groups is 1. The van der Waals surface area contributed by atoms with Crippen molar-refractivity contribution in [1.29, 1.82) is 0 Å². The summed E-state index contributed by atoms with van der Waals surface area (Å²) in [6.45, 7) is 6.92. The summed E-state index contributed by atoms with van der Waals surface area (Å²) in [5.74, 6) is -0.116. The van der Waals surface area contributed by atoms with Crippen LogP contribution in [0.15, 0.2) is 53.6 Å². The number of benzene rings is 2. The van der Waals surface area contributed by atoms with Crippen LogP contribution in [-0.4, -0.2) is 73.6 Å². The second-order valence-electron chi connectivity index (χ2n) is 8.23. The highest BCUT2D eigenvalue weighted by molar-refractivity contribution is 7.89. The van der Waals surface area contributed by atoms with Crippen molar-refractivity contribution in [3.8, 4) is 11.3 Å². The van der Waals surface area contributed by atoms with Crippen molar-refractivity contribution in [2.45, 2.75) is 18.4 Å². The Morgan fingerprint density at radius 3 is 2.59 bits per heavy atom. The van der Waals surface area contributed by atoms with E-state index in [2.05, 4.69) is 20.5 Å². The van der Waals surface area contributed by atoms with Gasteiger partial charge in [-0.2, -0.15) is 0 Å². The second kappa shape index (κ2) is 10.4. The van der Waals surface area contributed by atoms with Gasteiger partial charge in [0, 0.05) is 37.3 Å². The molecule has 34 heavy (non-hydrogen) atoms. The number of nitrogens with zero attached hydrogens (tertiary/aromatic N) is 4. The van der Waals surface area contributed by atoms with E-state index in [0.717, 1.165) is 49.5 Å². The molecular formula is C23H28N6O4S. The molecule has 0 saturated carbocycles. The minimum Gasteiger partial charge on any atom is -0.379 e. The van der Waals surface area contributed by atoms with Crippen LogP contribution in [0.1, 0.15) is 21.5 Å². The maximum Gasteiger partial charge on any atom is 0.251 e. The third-order valence-corrected chi connectivity index (χ3v) is 6.66. The van der Waals surface area contributed by atoms with Gasteiger partial charge in [0.05, 0.1) is 30.9 Å². The molecule has 3 N–H and O–H groups in total. The van der Waals surface area contributed by atoms with Crippen LogP contribution < -0.4 is 10.5 Å². The first-order valence-electron chi connectivity index (χ1n) is 11.0. The van der Waals surface area contributed by atoms with Crippen molar-refractivity contribution < 1.29 is 17.9 Å².